The highest BCUT2D eigenvalue weighted by Crippen LogP contribution is 2.38. The van der Waals surface area contributed by atoms with Crippen LogP contribution in [-0.2, 0) is 0 Å². The van der Waals surface area contributed by atoms with Crippen molar-refractivity contribution in [1.82, 2.24) is 59.3 Å². The number of nitrogens with one attached hydrogen (secondary N) is 2. The molecule has 12 nitrogen and oxygen atoms in total. The average molecular weight is 775 g/mol. The van der Waals surface area contributed by atoms with Crippen LogP contribution in [0.3, 0.4) is 0 Å². The molecule has 8 aromatic rings. The van der Waals surface area contributed by atoms with Gasteiger partial charge in [0, 0.05) is 37.3 Å². The van der Waals surface area contributed by atoms with E-state index in [1.807, 2.05) is 61.3 Å². The lowest BCUT2D eigenvalue weighted by molar-refractivity contribution is 0.459. The van der Waals surface area contributed by atoms with Crippen LogP contribution in [0.25, 0.3) is 57.6 Å². The highest BCUT2D eigenvalue weighted by Gasteiger charge is 2.22. The van der Waals surface area contributed by atoms with Crippen LogP contribution in [0.2, 0.25) is 0 Å². The second kappa shape index (κ2) is 14.0. The number of halogens is 1. The third-order valence-electron chi connectivity index (χ3n) is 8.89. The van der Waals surface area contributed by atoms with Gasteiger partial charge in [-0.25, -0.2) is 29.9 Å². The first-order valence-corrected chi connectivity index (χ1v) is 19.9. The Hall–Kier alpha value is -3.77. The van der Waals surface area contributed by atoms with Gasteiger partial charge in [0.15, 0.2) is 30.6 Å². The first-order valence-electron chi connectivity index (χ1n) is 16.7. The molecule has 51 heavy (non-hydrogen) atoms. The van der Waals surface area contributed by atoms with E-state index in [0.29, 0.717) is 5.92 Å². The van der Waals surface area contributed by atoms with Gasteiger partial charge in [-0.3, -0.25) is 9.97 Å². The molecule has 0 aromatic carbocycles. The molecule has 2 N–H and O–H groups in total. The SMILES string of the molecule is Cc1cn2cc(-c3nc4sc(C5=CCNCC5)nc4s3)nc2c(C)n1.Cc1cn2cc(-c3nc4sc(C5CCNCC5)nc4s3)nc2c(C)n1.Cl. The van der Waals surface area contributed by atoms with Crippen molar-refractivity contribution in [3.63, 3.8) is 0 Å². The molecule has 0 bridgehead atoms. The fraction of sp³-hybridized carbons (Fsp3) is 0.353. The summed E-state index contributed by atoms with van der Waals surface area (Å²) in [5.74, 6) is 0.586. The van der Waals surface area contributed by atoms with Gasteiger partial charge in [0.2, 0.25) is 0 Å². The van der Waals surface area contributed by atoms with Crippen molar-refractivity contribution in [3.05, 3.63) is 63.7 Å². The minimum atomic E-state index is 0. The molecule has 1 fully saturated rings. The lowest BCUT2D eigenvalue weighted by Gasteiger charge is -2.20. The number of piperidine rings is 1. The molecular weight excluding hydrogens is 740 g/mol. The van der Waals surface area contributed by atoms with E-state index in [0.717, 1.165) is 112 Å². The molecule has 1 saturated heterocycles. The zero-order chi connectivity index (χ0) is 33.9. The smallest absolute Gasteiger partial charge is 0.159 e. The molecule has 0 aliphatic carbocycles. The Morgan fingerprint density at radius 3 is 1.67 bits per heavy atom. The maximum Gasteiger partial charge on any atom is 0.159 e. The Kier molecular flexibility index (Phi) is 9.41. The fourth-order valence-corrected chi connectivity index (χ4v) is 10.8. The molecule has 0 atom stereocenters. The van der Waals surface area contributed by atoms with Gasteiger partial charge in [0.25, 0.3) is 0 Å². The summed E-state index contributed by atoms with van der Waals surface area (Å²) in [6.07, 6.45) is 13.7. The molecule has 0 spiro atoms. The van der Waals surface area contributed by atoms with Crippen molar-refractivity contribution in [2.75, 3.05) is 26.2 Å². The molecule has 2 aliphatic rings. The lowest BCUT2D eigenvalue weighted by Crippen LogP contribution is -2.26. The summed E-state index contributed by atoms with van der Waals surface area (Å²) in [5, 5.41) is 10.9. The molecule has 0 radical (unpaired) electrons. The van der Waals surface area contributed by atoms with E-state index in [1.165, 1.54) is 23.4 Å². The molecule has 10 rings (SSSR count). The second-order valence-electron chi connectivity index (χ2n) is 12.7. The summed E-state index contributed by atoms with van der Waals surface area (Å²) in [6.45, 7) is 12.1. The van der Waals surface area contributed by atoms with Crippen molar-refractivity contribution >= 4 is 93.9 Å². The highest BCUT2D eigenvalue weighted by atomic mass is 35.5. The van der Waals surface area contributed by atoms with Crippen LogP contribution in [0.15, 0.2) is 30.9 Å². The Bertz CT molecular complexity index is 2500. The van der Waals surface area contributed by atoms with E-state index >= 15 is 0 Å². The van der Waals surface area contributed by atoms with Gasteiger partial charge in [-0.15, -0.1) is 12.4 Å². The predicted molar refractivity (Wildman–Crippen MR) is 211 cm³/mol. The second-order valence-corrected chi connectivity index (χ2v) is 16.6. The van der Waals surface area contributed by atoms with Crippen LogP contribution in [0.1, 0.15) is 58.0 Å². The Morgan fingerprint density at radius 1 is 0.588 bits per heavy atom. The van der Waals surface area contributed by atoms with Crippen molar-refractivity contribution in [2.24, 2.45) is 0 Å². The van der Waals surface area contributed by atoms with Crippen LogP contribution < -0.4 is 10.6 Å². The first kappa shape index (κ1) is 34.3. The largest absolute Gasteiger partial charge is 0.317 e. The number of nitrogens with zero attached hydrogens (tertiary/aromatic N) is 10. The predicted octanol–water partition coefficient (Wildman–Crippen LogP) is 7.42. The highest BCUT2D eigenvalue weighted by molar-refractivity contribution is 7.28. The summed E-state index contributed by atoms with van der Waals surface area (Å²) >= 11 is 6.67. The number of imidazole rings is 2. The summed E-state index contributed by atoms with van der Waals surface area (Å²) < 4.78 is 4.07. The topological polar surface area (TPSA) is 136 Å². The molecule has 10 heterocycles. The Morgan fingerprint density at radius 2 is 1.12 bits per heavy atom. The van der Waals surface area contributed by atoms with E-state index in [2.05, 4.69) is 26.7 Å². The third kappa shape index (κ3) is 6.69. The monoisotopic (exact) mass is 774 g/mol. The van der Waals surface area contributed by atoms with Crippen LogP contribution in [0.5, 0.6) is 0 Å². The van der Waals surface area contributed by atoms with Crippen LogP contribution in [0, 0.1) is 27.7 Å². The first-order chi connectivity index (χ1) is 24.3. The number of fused-ring (bicyclic) bond motifs is 4. The lowest BCUT2D eigenvalue weighted by atomic mass is 9.99. The van der Waals surface area contributed by atoms with Gasteiger partial charge in [-0.05, 0) is 72.2 Å². The number of aromatic nitrogens is 10. The van der Waals surface area contributed by atoms with Gasteiger partial charge in [0.1, 0.15) is 26.4 Å². The zero-order valence-electron chi connectivity index (χ0n) is 28.4. The van der Waals surface area contributed by atoms with E-state index in [4.69, 9.17) is 29.9 Å². The Balaban J connectivity index is 0.000000144. The zero-order valence-corrected chi connectivity index (χ0v) is 32.5. The van der Waals surface area contributed by atoms with E-state index in [-0.39, 0.29) is 12.4 Å². The maximum absolute atomic E-state index is 4.87. The summed E-state index contributed by atoms with van der Waals surface area (Å²) in [7, 11) is 0. The number of thiazole rings is 4. The summed E-state index contributed by atoms with van der Waals surface area (Å²) in [5.41, 5.74) is 8.73. The van der Waals surface area contributed by atoms with E-state index in [1.54, 1.807) is 45.3 Å². The van der Waals surface area contributed by atoms with E-state index in [9.17, 15) is 0 Å². The molecule has 17 heteroatoms. The number of hydrogen-bond acceptors (Lipinski definition) is 14. The van der Waals surface area contributed by atoms with Gasteiger partial charge < -0.3 is 19.4 Å². The molecule has 8 aromatic heterocycles. The number of rotatable bonds is 4. The van der Waals surface area contributed by atoms with Gasteiger partial charge in [-0.1, -0.05) is 51.4 Å². The van der Waals surface area contributed by atoms with Gasteiger partial charge in [0.05, 0.1) is 27.8 Å². The molecular formula is C34H35ClN12S4. The normalized spacial score (nSPS) is 15.4. The van der Waals surface area contributed by atoms with Gasteiger partial charge in [-0.2, -0.15) is 0 Å². The molecule has 0 saturated carbocycles. The molecule has 0 unspecified atom stereocenters. The molecule has 0 amide bonds. The van der Waals surface area contributed by atoms with Crippen LogP contribution >= 0.6 is 57.8 Å². The fourth-order valence-electron chi connectivity index (χ4n) is 6.53. The Labute approximate surface area is 315 Å². The number of hydrogen-bond donors (Lipinski definition) is 2. The summed E-state index contributed by atoms with van der Waals surface area (Å²) in [6, 6.07) is 0. The standard InChI is InChI=1S/C17H18N6S2.C17H16N6S2.ClH/c2*1-9-7-23-8-12(20-13(23)10(2)19-9)15-22-17-16(25-15)21-14(24-17)11-3-5-18-6-4-11;/h7-8,11,18H,3-6H2,1-2H3;3,7-8,18H,4-6H2,1-2H3;1H. The average Bonchev–Trinajstić information content (AvgIpc) is 3.94. The summed E-state index contributed by atoms with van der Waals surface area (Å²) in [4.78, 5) is 41.7. The third-order valence-corrected chi connectivity index (χ3v) is 13.2. The minimum absolute atomic E-state index is 0. The van der Waals surface area contributed by atoms with Crippen LogP contribution in [-0.4, -0.2) is 74.9 Å². The molecule has 2 aliphatic heterocycles. The minimum Gasteiger partial charge on any atom is -0.317 e. The van der Waals surface area contributed by atoms with Crippen molar-refractivity contribution < 1.29 is 0 Å². The van der Waals surface area contributed by atoms with Crippen molar-refractivity contribution in [2.45, 2.75) is 52.9 Å². The number of aryl methyl sites for hydroxylation is 4. The van der Waals surface area contributed by atoms with E-state index < -0.39 is 0 Å². The van der Waals surface area contributed by atoms with Crippen molar-refractivity contribution in [3.8, 4) is 21.4 Å². The quantitative estimate of drug-likeness (QED) is 0.186. The maximum atomic E-state index is 4.87. The van der Waals surface area contributed by atoms with Crippen LogP contribution in [0.4, 0.5) is 0 Å². The van der Waals surface area contributed by atoms with Gasteiger partial charge >= 0.3 is 0 Å². The van der Waals surface area contributed by atoms with Crippen molar-refractivity contribution in [1.29, 1.82) is 0 Å². The molecule has 262 valence electrons.